The topological polar surface area (TPSA) is 72.6 Å². The summed E-state index contributed by atoms with van der Waals surface area (Å²) in [7, 11) is 1.38. The SMILES string of the molecule is CCC(=CCN1CCC(C(N)=O)C1)C(=O)OC. The van der Waals surface area contributed by atoms with Crippen molar-refractivity contribution >= 4 is 11.9 Å². The molecule has 1 saturated heterocycles. The fourth-order valence-corrected chi connectivity index (χ4v) is 1.97. The first-order valence-corrected chi connectivity index (χ1v) is 5.87. The van der Waals surface area contributed by atoms with E-state index in [-0.39, 0.29) is 17.8 Å². The van der Waals surface area contributed by atoms with Gasteiger partial charge in [0, 0.05) is 18.7 Å². The van der Waals surface area contributed by atoms with Crippen molar-refractivity contribution < 1.29 is 14.3 Å². The van der Waals surface area contributed by atoms with Crippen molar-refractivity contribution in [2.24, 2.45) is 11.7 Å². The summed E-state index contributed by atoms with van der Waals surface area (Å²) >= 11 is 0. The van der Waals surface area contributed by atoms with Crippen molar-refractivity contribution in [2.45, 2.75) is 19.8 Å². The zero-order chi connectivity index (χ0) is 12.8. The molecule has 1 unspecified atom stereocenters. The van der Waals surface area contributed by atoms with Crippen LogP contribution in [0.15, 0.2) is 11.6 Å². The number of methoxy groups -OCH3 is 1. The van der Waals surface area contributed by atoms with Crippen molar-refractivity contribution in [1.82, 2.24) is 4.90 Å². The first-order valence-electron chi connectivity index (χ1n) is 5.87. The van der Waals surface area contributed by atoms with E-state index in [1.807, 2.05) is 13.0 Å². The Morgan fingerprint density at radius 2 is 2.24 bits per heavy atom. The smallest absolute Gasteiger partial charge is 0.333 e. The van der Waals surface area contributed by atoms with Crippen LogP contribution in [0, 0.1) is 5.92 Å². The van der Waals surface area contributed by atoms with E-state index in [9.17, 15) is 9.59 Å². The van der Waals surface area contributed by atoms with Gasteiger partial charge < -0.3 is 10.5 Å². The summed E-state index contributed by atoms with van der Waals surface area (Å²) in [6.45, 7) is 4.12. The maximum absolute atomic E-state index is 11.3. The fourth-order valence-electron chi connectivity index (χ4n) is 1.97. The van der Waals surface area contributed by atoms with Crippen LogP contribution in [0.2, 0.25) is 0 Å². The summed E-state index contributed by atoms with van der Waals surface area (Å²) in [5.41, 5.74) is 5.93. The van der Waals surface area contributed by atoms with Crippen LogP contribution in [0.3, 0.4) is 0 Å². The number of carbonyl (C=O) groups excluding carboxylic acids is 2. The van der Waals surface area contributed by atoms with Crippen LogP contribution in [0.1, 0.15) is 19.8 Å². The molecule has 5 nitrogen and oxygen atoms in total. The minimum atomic E-state index is -0.279. The number of amides is 1. The van der Waals surface area contributed by atoms with Crippen molar-refractivity contribution in [2.75, 3.05) is 26.7 Å². The Hall–Kier alpha value is -1.36. The average Bonchev–Trinajstić information content (AvgIpc) is 2.78. The van der Waals surface area contributed by atoms with Crippen molar-refractivity contribution in [3.05, 3.63) is 11.6 Å². The van der Waals surface area contributed by atoms with Gasteiger partial charge in [-0.05, 0) is 19.4 Å². The maximum atomic E-state index is 11.3. The monoisotopic (exact) mass is 240 g/mol. The molecular formula is C12H20N2O3. The summed E-state index contributed by atoms with van der Waals surface area (Å²) in [5.74, 6) is -0.565. The number of ether oxygens (including phenoxy) is 1. The van der Waals surface area contributed by atoms with E-state index in [4.69, 9.17) is 5.73 Å². The standard InChI is InChI=1S/C12H20N2O3/c1-3-9(12(16)17-2)4-6-14-7-5-10(8-14)11(13)15/h4,10H,3,5-8H2,1-2H3,(H2,13,15). The van der Waals surface area contributed by atoms with Gasteiger partial charge in [-0.3, -0.25) is 9.69 Å². The zero-order valence-electron chi connectivity index (χ0n) is 10.4. The first-order chi connectivity index (χ1) is 8.08. The van der Waals surface area contributed by atoms with Crippen LogP contribution in [0.4, 0.5) is 0 Å². The highest BCUT2D eigenvalue weighted by atomic mass is 16.5. The Kier molecular flexibility index (Phi) is 5.15. The Morgan fingerprint density at radius 1 is 1.53 bits per heavy atom. The Morgan fingerprint density at radius 3 is 2.71 bits per heavy atom. The second-order valence-electron chi connectivity index (χ2n) is 4.22. The normalized spacial score (nSPS) is 21.5. The second-order valence-corrected chi connectivity index (χ2v) is 4.22. The third-order valence-corrected chi connectivity index (χ3v) is 3.10. The second kappa shape index (κ2) is 6.39. The molecule has 96 valence electrons. The number of primary amides is 1. The van der Waals surface area contributed by atoms with E-state index >= 15 is 0 Å². The minimum absolute atomic E-state index is 0.0494. The molecule has 0 radical (unpaired) electrons. The average molecular weight is 240 g/mol. The molecule has 0 spiro atoms. The largest absolute Gasteiger partial charge is 0.466 e. The number of nitrogens with two attached hydrogens (primary N) is 1. The molecule has 1 atom stereocenters. The van der Waals surface area contributed by atoms with Gasteiger partial charge in [0.05, 0.1) is 13.0 Å². The third kappa shape index (κ3) is 3.85. The van der Waals surface area contributed by atoms with Gasteiger partial charge >= 0.3 is 5.97 Å². The molecule has 0 aromatic heterocycles. The van der Waals surface area contributed by atoms with Gasteiger partial charge in [-0.15, -0.1) is 0 Å². The lowest BCUT2D eigenvalue weighted by molar-refractivity contribution is -0.136. The Bertz CT molecular complexity index is 326. The molecule has 1 rings (SSSR count). The molecule has 0 bridgehead atoms. The van der Waals surface area contributed by atoms with Gasteiger partial charge in [-0.25, -0.2) is 4.79 Å². The van der Waals surface area contributed by atoms with Crippen LogP contribution < -0.4 is 5.73 Å². The predicted molar refractivity (Wildman–Crippen MR) is 64.1 cm³/mol. The van der Waals surface area contributed by atoms with E-state index in [2.05, 4.69) is 9.64 Å². The fraction of sp³-hybridized carbons (Fsp3) is 0.667. The summed E-state index contributed by atoms with van der Waals surface area (Å²) in [4.78, 5) is 24.5. The van der Waals surface area contributed by atoms with Gasteiger partial charge in [0.15, 0.2) is 0 Å². The van der Waals surface area contributed by atoms with E-state index < -0.39 is 0 Å². The highest BCUT2D eigenvalue weighted by Crippen LogP contribution is 2.15. The molecule has 0 aromatic rings. The van der Waals surface area contributed by atoms with Crippen LogP contribution >= 0.6 is 0 Å². The van der Waals surface area contributed by atoms with E-state index in [1.165, 1.54) is 7.11 Å². The highest BCUT2D eigenvalue weighted by Gasteiger charge is 2.25. The molecule has 17 heavy (non-hydrogen) atoms. The number of rotatable bonds is 5. The summed E-state index contributed by atoms with van der Waals surface area (Å²) in [6, 6.07) is 0. The summed E-state index contributed by atoms with van der Waals surface area (Å²) < 4.78 is 4.68. The number of hydrogen-bond donors (Lipinski definition) is 1. The number of carbonyl (C=O) groups is 2. The van der Waals surface area contributed by atoms with E-state index in [0.717, 1.165) is 13.0 Å². The van der Waals surface area contributed by atoms with Crippen LogP contribution in [0.25, 0.3) is 0 Å². The highest BCUT2D eigenvalue weighted by molar-refractivity contribution is 5.88. The van der Waals surface area contributed by atoms with Gasteiger partial charge in [0.1, 0.15) is 0 Å². The van der Waals surface area contributed by atoms with Crippen molar-refractivity contribution in [1.29, 1.82) is 0 Å². The van der Waals surface area contributed by atoms with Crippen LogP contribution in [-0.2, 0) is 14.3 Å². The lowest BCUT2D eigenvalue weighted by Crippen LogP contribution is -2.27. The Labute approximate surface area is 102 Å². The Balaban J connectivity index is 2.47. The predicted octanol–water partition coefficient (Wildman–Crippen LogP) is 0.303. The molecule has 0 aliphatic carbocycles. The van der Waals surface area contributed by atoms with Gasteiger partial charge in [0.25, 0.3) is 0 Å². The molecule has 1 aliphatic rings. The summed E-state index contributed by atoms with van der Waals surface area (Å²) in [5, 5.41) is 0. The number of esters is 1. The first kappa shape index (κ1) is 13.7. The lowest BCUT2D eigenvalue weighted by Gasteiger charge is -2.13. The quantitative estimate of drug-likeness (QED) is 0.554. The minimum Gasteiger partial charge on any atom is -0.466 e. The maximum Gasteiger partial charge on any atom is 0.333 e. The van der Waals surface area contributed by atoms with E-state index in [1.54, 1.807) is 0 Å². The van der Waals surface area contributed by atoms with Crippen LogP contribution in [0.5, 0.6) is 0 Å². The van der Waals surface area contributed by atoms with Gasteiger partial charge in [0.2, 0.25) is 5.91 Å². The molecule has 2 N–H and O–H groups in total. The molecule has 5 heteroatoms. The summed E-state index contributed by atoms with van der Waals surface area (Å²) in [6.07, 6.45) is 3.33. The van der Waals surface area contributed by atoms with E-state index in [0.29, 0.717) is 25.1 Å². The van der Waals surface area contributed by atoms with Crippen molar-refractivity contribution in [3.63, 3.8) is 0 Å². The van der Waals surface area contributed by atoms with Crippen LogP contribution in [-0.4, -0.2) is 43.5 Å². The number of nitrogens with zero attached hydrogens (tertiary/aromatic N) is 1. The zero-order valence-corrected chi connectivity index (χ0v) is 10.4. The van der Waals surface area contributed by atoms with Gasteiger partial charge in [-0.2, -0.15) is 0 Å². The molecule has 1 heterocycles. The molecule has 1 aliphatic heterocycles. The third-order valence-electron chi connectivity index (χ3n) is 3.10. The van der Waals surface area contributed by atoms with Crippen molar-refractivity contribution in [3.8, 4) is 0 Å². The molecule has 1 amide bonds. The molecule has 0 aromatic carbocycles. The number of likely N-dealkylation sites (tertiary alicyclic amines) is 1. The molecular weight excluding hydrogens is 220 g/mol. The van der Waals surface area contributed by atoms with Gasteiger partial charge in [-0.1, -0.05) is 13.0 Å². The molecule has 0 saturated carbocycles. The number of hydrogen-bond acceptors (Lipinski definition) is 4. The molecule has 1 fully saturated rings. The lowest BCUT2D eigenvalue weighted by atomic mass is 10.1.